The Kier molecular flexibility index (Phi) is 2.60. The maximum Gasteiger partial charge on any atom is 0.146 e. The highest BCUT2D eigenvalue weighted by Crippen LogP contribution is 2.24. The van der Waals surface area contributed by atoms with Crippen LogP contribution in [0.2, 0.25) is 0 Å². The molecule has 0 atom stereocenters. The highest BCUT2D eigenvalue weighted by atomic mass is 15.3. The largest absolute Gasteiger partial charge is 0.382 e. The molecule has 2 heterocycles. The minimum Gasteiger partial charge on any atom is -0.382 e. The summed E-state index contributed by atoms with van der Waals surface area (Å²) in [5.41, 5.74) is 9.47. The van der Waals surface area contributed by atoms with Crippen molar-refractivity contribution in [1.82, 2.24) is 20.0 Å². The van der Waals surface area contributed by atoms with Gasteiger partial charge in [0, 0.05) is 17.8 Å². The van der Waals surface area contributed by atoms with Gasteiger partial charge in [-0.3, -0.25) is 4.68 Å². The minimum atomic E-state index is 0.432. The van der Waals surface area contributed by atoms with E-state index in [-0.39, 0.29) is 0 Å². The van der Waals surface area contributed by atoms with E-state index < -0.39 is 0 Å². The standard InChI is InChI=1S/C11H15N5/c1-4-16-8(3)11(7(2)15-16)9-5-6-10(12)14-13-9/h5-6H,4H2,1-3H3,(H2,12,14). The second kappa shape index (κ2) is 3.92. The van der Waals surface area contributed by atoms with Crippen LogP contribution < -0.4 is 5.73 Å². The molecule has 0 aromatic carbocycles. The normalized spacial score (nSPS) is 10.7. The summed E-state index contributed by atoms with van der Waals surface area (Å²) in [4.78, 5) is 0. The van der Waals surface area contributed by atoms with Gasteiger partial charge in [-0.2, -0.15) is 5.10 Å². The van der Waals surface area contributed by atoms with Crippen LogP contribution >= 0.6 is 0 Å². The van der Waals surface area contributed by atoms with Gasteiger partial charge >= 0.3 is 0 Å². The van der Waals surface area contributed by atoms with E-state index in [1.165, 1.54) is 0 Å². The van der Waals surface area contributed by atoms with Crippen LogP contribution in [0.25, 0.3) is 11.3 Å². The third kappa shape index (κ3) is 1.64. The molecule has 84 valence electrons. The zero-order chi connectivity index (χ0) is 11.7. The summed E-state index contributed by atoms with van der Waals surface area (Å²) in [6.07, 6.45) is 0. The Hall–Kier alpha value is -1.91. The van der Waals surface area contributed by atoms with Gasteiger partial charge in [0.15, 0.2) is 0 Å². The first-order valence-corrected chi connectivity index (χ1v) is 5.27. The summed E-state index contributed by atoms with van der Waals surface area (Å²) >= 11 is 0. The van der Waals surface area contributed by atoms with Crippen LogP contribution in [0.5, 0.6) is 0 Å². The molecule has 2 N–H and O–H groups in total. The van der Waals surface area contributed by atoms with Gasteiger partial charge in [0.1, 0.15) is 5.82 Å². The number of aryl methyl sites for hydroxylation is 2. The van der Waals surface area contributed by atoms with Crippen molar-refractivity contribution >= 4 is 5.82 Å². The van der Waals surface area contributed by atoms with E-state index in [2.05, 4.69) is 22.2 Å². The molecular weight excluding hydrogens is 202 g/mol. The average molecular weight is 217 g/mol. The number of nitrogens with two attached hydrogens (primary N) is 1. The molecular formula is C11H15N5. The summed E-state index contributed by atoms with van der Waals surface area (Å²) in [5.74, 6) is 0.432. The summed E-state index contributed by atoms with van der Waals surface area (Å²) in [6, 6.07) is 3.63. The van der Waals surface area contributed by atoms with Gasteiger partial charge in [-0.25, -0.2) is 0 Å². The number of hydrogen-bond acceptors (Lipinski definition) is 4. The molecule has 0 bridgehead atoms. The van der Waals surface area contributed by atoms with Crippen molar-refractivity contribution in [1.29, 1.82) is 0 Å². The predicted octanol–water partition coefficient (Wildman–Crippen LogP) is 1.56. The van der Waals surface area contributed by atoms with Gasteiger partial charge in [0.05, 0.1) is 11.4 Å². The molecule has 0 radical (unpaired) electrons. The quantitative estimate of drug-likeness (QED) is 0.828. The zero-order valence-electron chi connectivity index (χ0n) is 9.73. The molecule has 0 saturated heterocycles. The Bertz CT molecular complexity index is 498. The fourth-order valence-corrected chi connectivity index (χ4v) is 1.85. The van der Waals surface area contributed by atoms with Crippen LogP contribution in [0.1, 0.15) is 18.3 Å². The molecule has 2 aromatic rings. The fraction of sp³-hybridized carbons (Fsp3) is 0.364. The van der Waals surface area contributed by atoms with Crippen LogP contribution in [0.15, 0.2) is 12.1 Å². The molecule has 16 heavy (non-hydrogen) atoms. The number of anilines is 1. The molecule has 0 aliphatic heterocycles. The van der Waals surface area contributed by atoms with Crippen molar-refractivity contribution in [2.45, 2.75) is 27.3 Å². The van der Waals surface area contributed by atoms with Crippen LogP contribution in [0, 0.1) is 13.8 Å². The Labute approximate surface area is 94.3 Å². The van der Waals surface area contributed by atoms with E-state index in [1.54, 1.807) is 6.07 Å². The minimum absolute atomic E-state index is 0.432. The lowest BCUT2D eigenvalue weighted by atomic mass is 10.1. The van der Waals surface area contributed by atoms with E-state index in [9.17, 15) is 0 Å². The lowest BCUT2D eigenvalue weighted by Gasteiger charge is -2.01. The molecule has 0 aliphatic rings. The first kappa shape index (κ1) is 10.6. The smallest absolute Gasteiger partial charge is 0.146 e. The van der Waals surface area contributed by atoms with Crippen molar-refractivity contribution in [2.24, 2.45) is 0 Å². The van der Waals surface area contributed by atoms with Gasteiger partial charge in [-0.05, 0) is 32.9 Å². The van der Waals surface area contributed by atoms with Crippen LogP contribution in [0.4, 0.5) is 5.82 Å². The molecule has 2 rings (SSSR count). The molecule has 5 nitrogen and oxygen atoms in total. The molecule has 0 aliphatic carbocycles. The second-order valence-electron chi connectivity index (χ2n) is 3.71. The number of nitrogens with zero attached hydrogens (tertiary/aromatic N) is 4. The van der Waals surface area contributed by atoms with E-state index in [4.69, 9.17) is 5.73 Å². The van der Waals surface area contributed by atoms with E-state index >= 15 is 0 Å². The lowest BCUT2D eigenvalue weighted by Crippen LogP contribution is -1.99. The van der Waals surface area contributed by atoms with Crippen molar-refractivity contribution < 1.29 is 0 Å². The van der Waals surface area contributed by atoms with Crippen molar-refractivity contribution in [3.05, 3.63) is 23.5 Å². The van der Waals surface area contributed by atoms with E-state index in [0.717, 1.165) is 29.2 Å². The molecule has 0 unspecified atom stereocenters. The number of hydrogen-bond donors (Lipinski definition) is 1. The van der Waals surface area contributed by atoms with Crippen molar-refractivity contribution in [3.63, 3.8) is 0 Å². The highest BCUT2D eigenvalue weighted by Gasteiger charge is 2.13. The van der Waals surface area contributed by atoms with E-state index in [0.29, 0.717) is 5.82 Å². The zero-order valence-corrected chi connectivity index (χ0v) is 9.73. The average Bonchev–Trinajstić information content (AvgIpc) is 2.56. The summed E-state index contributed by atoms with van der Waals surface area (Å²) < 4.78 is 1.96. The maximum absolute atomic E-state index is 5.52. The topological polar surface area (TPSA) is 69.6 Å². The van der Waals surface area contributed by atoms with Gasteiger partial charge in [-0.1, -0.05) is 0 Å². The maximum atomic E-state index is 5.52. The van der Waals surface area contributed by atoms with E-state index in [1.807, 2.05) is 24.6 Å². The fourth-order valence-electron chi connectivity index (χ4n) is 1.85. The molecule has 5 heteroatoms. The molecule has 0 spiro atoms. The Morgan fingerprint density at radius 1 is 1.25 bits per heavy atom. The first-order chi connectivity index (χ1) is 7.63. The third-order valence-corrected chi connectivity index (χ3v) is 2.62. The Morgan fingerprint density at radius 3 is 2.50 bits per heavy atom. The van der Waals surface area contributed by atoms with Gasteiger partial charge in [0.2, 0.25) is 0 Å². The monoisotopic (exact) mass is 217 g/mol. The molecule has 0 amide bonds. The SMILES string of the molecule is CCn1nc(C)c(-c2ccc(N)nn2)c1C. The first-order valence-electron chi connectivity index (χ1n) is 5.27. The van der Waals surface area contributed by atoms with Crippen molar-refractivity contribution in [3.8, 4) is 11.3 Å². The lowest BCUT2D eigenvalue weighted by molar-refractivity contribution is 0.634. The van der Waals surface area contributed by atoms with Crippen LogP contribution in [-0.2, 0) is 6.54 Å². The van der Waals surface area contributed by atoms with Gasteiger partial charge < -0.3 is 5.73 Å². The van der Waals surface area contributed by atoms with Gasteiger partial charge in [-0.15, -0.1) is 10.2 Å². The Balaban J connectivity index is 2.55. The van der Waals surface area contributed by atoms with Crippen LogP contribution in [0.3, 0.4) is 0 Å². The molecule has 0 saturated carbocycles. The summed E-state index contributed by atoms with van der Waals surface area (Å²) in [6.45, 7) is 6.94. The highest BCUT2D eigenvalue weighted by molar-refractivity contribution is 5.64. The summed E-state index contributed by atoms with van der Waals surface area (Å²) in [7, 11) is 0. The third-order valence-electron chi connectivity index (χ3n) is 2.62. The summed E-state index contributed by atoms with van der Waals surface area (Å²) in [5, 5.41) is 12.4. The molecule has 2 aromatic heterocycles. The van der Waals surface area contributed by atoms with Gasteiger partial charge in [0.25, 0.3) is 0 Å². The van der Waals surface area contributed by atoms with Crippen molar-refractivity contribution in [2.75, 3.05) is 5.73 Å². The number of nitrogen functional groups attached to an aromatic ring is 1. The van der Waals surface area contributed by atoms with Crippen LogP contribution in [-0.4, -0.2) is 20.0 Å². The predicted molar refractivity (Wildman–Crippen MR) is 62.8 cm³/mol. The second-order valence-corrected chi connectivity index (χ2v) is 3.71. The number of rotatable bonds is 2. The Morgan fingerprint density at radius 2 is 2.00 bits per heavy atom. The molecule has 0 fully saturated rings. The number of aromatic nitrogens is 4.